The first-order valence-electron chi connectivity index (χ1n) is 13.2. The zero-order chi connectivity index (χ0) is 30.9. The maximum atomic E-state index is 14.7. The van der Waals surface area contributed by atoms with Crippen molar-refractivity contribution in [1.82, 2.24) is 15.6 Å². The predicted octanol–water partition coefficient (Wildman–Crippen LogP) is 4.61. The summed E-state index contributed by atoms with van der Waals surface area (Å²) >= 11 is 0. The Morgan fingerprint density at radius 1 is 1.07 bits per heavy atom. The van der Waals surface area contributed by atoms with Crippen LogP contribution in [-0.2, 0) is 15.7 Å². The van der Waals surface area contributed by atoms with E-state index in [1.807, 2.05) is 0 Å². The van der Waals surface area contributed by atoms with E-state index in [1.54, 1.807) is 19.9 Å². The van der Waals surface area contributed by atoms with Gasteiger partial charge in [0.2, 0.25) is 0 Å². The lowest BCUT2D eigenvalue weighted by molar-refractivity contribution is -0.184. The molecule has 0 saturated carbocycles. The number of pyridine rings is 1. The molecule has 2 aromatic carbocycles. The maximum Gasteiger partial charge on any atom is 0.401 e. The molecule has 1 unspecified atom stereocenters. The number of amides is 2. The van der Waals surface area contributed by atoms with E-state index in [9.17, 15) is 27.2 Å². The van der Waals surface area contributed by atoms with E-state index in [2.05, 4.69) is 15.6 Å². The molecule has 0 bridgehead atoms. The minimum Gasteiger partial charge on any atom is -0.493 e. The van der Waals surface area contributed by atoms with Crippen molar-refractivity contribution in [2.24, 2.45) is 5.73 Å². The lowest BCUT2D eigenvalue weighted by atomic mass is 9.82. The number of benzene rings is 2. The van der Waals surface area contributed by atoms with Crippen LogP contribution in [0.15, 0.2) is 54.6 Å². The SMILES string of the molecule is COc1cc(C(=O)NCC(C)(c2cc(C(C)(C)N)cc(-c3ccc(F)cc3)n2)C(F)(F)F)ccc1O[C@H]1CCNC1=O. The molecule has 4 rings (SSSR count). The van der Waals surface area contributed by atoms with Gasteiger partial charge in [0.1, 0.15) is 11.2 Å². The van der Waals surface area contributed by atoms with Crippen molar-refractivity contribution in [2.75, 3.05) is 20.2 Å². The normalized spacial score (nSPS) is 16.9. The molecule has 1 saturated heterocycles. The summed E-state index contributed by atoms with van der Waals surface area (Å²) in [7, 11) is 1.34. The summed E-state index contributed by atoms with van der Waals surface area (Å²) < 4.78 is 68.7. The van der Waals surface area contributed by atoms with Crippen molar-refractivity contribution in [3.63, 3.8) is 0 Å². The molecule has 1 aliphatic heterocycles. The van der Waals surface area contributed by atoms with Crippen LogP contribution in [0.25, 0.3) is 11.3 Å². The van der Waals surface area contributed by atoms with Crippen LogP contribution in [0.3, 0.4) is 0 Å². The molecule has 42 heavy (non-hydrogen) atoms. The van der Waals surface area contributed by atoms with Crippen molar-refractivity contribution in [1.29, 1.82) is 0 Å². The lowest BCUT2D eigenvalue weighted by Gasteiger charge is -2.33. The second kappa shape index (κ2) is 11.6. The van der Waals surface area contributed by atoms with Crippen LogP contribution in [0, 0.1) is 5.82 Å². The number of hydrogen-bond acceptors (Lipinski definition) is 6. The van der Waals surface area contributed by atoms with Crippen molar-refractivity contribution in [2.45, 2.75) is 50.4 Å². The number of methoxy groups -OCH3 is 1. The van der Waals surface area contributed by atoms with E-state index in [0.717, 1.165) is 6.92 Å². The van der Waals surface area contributed by atoms with Gasteiger partial charge in [0.25, 0.3) is 11.8 Å². The van der Waals surface area contributed by atoms with E-state index in [4.69, 9.17) is 15.2 Å². The Balaban J connectivity index is 1.64. The molecule has 2 amide bonds. The van der Waals surface area contributed by atoms with Gasteiger partial charge in [-0.05, 0) is 80.9 Å². The molecule has 0 spiro atoms. The molecule has 8 nitrogen and oxygen atoms in total. The molecular weight excluding hydrogens is 556 g/mol. The lowest BCUT2D eigenvalue weighted by Crippen LogP contribution is -2.49. The summed E-state index contributed by atoms with van der Waals surface area (Å²) in [6, 6.07) is 12.2. The van der Waals surface area contributed by atoms with Crippen molar-refractivity contribution >= 4 is 11.8 Å². The molecule has 1 aliphatic rings. The number of nitrogens with zero attached hydrogens (tertiary/aromatic N) is 1. The third-order valence-corrected chi connectivity index (χ3v) is 7.20. The Labute approximate surface area is 240 Å². The van der Waals surface area contributed by atoms with Gasteiger partial charge in [-0.25, -0.2) is 4.39 Å². The molecule has 1 fully saturated rings. The number of carbonyl (C=O) groups excluding carboxylic acids is 2. The largest absolute Gasteiger partial charge is 0.493 e. The Hall–Kier alpha value is -4.19. The number of aromatic nitrogens is 1. The summed E-state index contributed by atoms with van der Waals surface area (Å²) in [5.41, 5.74) is 3.24. The van der Waals surface area contributed by atoms with E-state index in [-0.39, 0.29) is 34.4 Å². The molecule has 2 atom stereocenters. The van der Waals surface area contributed by atoms with Crippen molar-refractivity contribution in [3.05, 3.63) is 77.2 Å². The minimum absolute atomic E-state index is 0.0244. The topological polar surface area (TPSA) is 116 Å². The second-order valence-corrected chi connectivity index (χ2v) is 10.9. The first-order valence-corrected chi connectivity index (χ1v) is 13.2. The molecule has 12 heteroatoms. The number of rotatable bonds is 9. The van der Waals surface area contributed by atoms with Gasteiger partial charge in [-0.2, -0.15) is 13.2 Å². The van der Waals surface area contributed by atoms with Crippen LogP contribution in [0.1, 0.15) is 48.8 Å². The highest BCUT2D eigenvalue weighted by molar-refractivity contribution is 5.95. The molecule has 224 valence electrons. The average molecular weight is 589 g/mol. The fourth-order valence-corrected chi connectivity index (χ4v) is 4.39. The average Bonchev–Trinajstić information content (AvgIpc) is 3.34. The zero-order valence-corrected chi connectivity index (χ0v) is 23.6. The van der Waals surface area contributed by atoms with E-state index >= 15 is 0 Å². The minimum atomic E-state index is -4.83. The zero-order valence-electron chi connectivity index (χ0n) is 23.6. The monoisotopic (exact) mass is 588 g/mol. The number of carbonyl (C=O) groups is 2. The standard InChI is InChI=1S/C30H32F4N4O4/c1-28(2,35)19-14-21(17-5-8-20(31)9-6-17)38-25(15-19)29(3,30(32,33)34)16-37-26(39)18-7-10-22(24(13-18)41-4)42-23-11-12-36-27(23)40/h5-10,13-15,23H,11-12,16,35H2,1-4H3,(H,36,40)(H,37,39)/t23-,29?/m0/s1. The fourth-order valence-electron chi connectivity index (χ4n) is 4.39. The first kappa shape index (κ1) is 30.8. The number of nitrogens with one attached hydrogen (secondary N) is 2. The van der Waals surface area contributed by atoms with Crippen molar-refractivity contribution in [3.8, 4) is 22.8 Å². The summed E-state index contributed by atoms with van der Waals surface area (Å²) in [4.78, 5) is 29.2. The molecule has 0 aliphatic carbocycles. The summed E-state index contributed by atoms with van der Waals surface area (Å²) in [6.07, 6.45) is -5.09. The van der Waals surface area contributed by atoms with Crippen molar-refractivity contribution < 1.29 is 36.6 Å². The number of nitrogens with two attached hydrogens (primary N) is 1. The van der Waals surface area contributed by atoms with Gasteiger partial charge in [0.15, 0.2) is 17.6 Å². The Bertz CT molecular complexity index is 1470. The van der Waals surface area contributed by atoms with Crippen LogP contribution in [0.4, 0.5) is 17.6 Å². The summed E-state index contributed by atoms with van der Waals surface area (Å²) in [5.74, 6) is -1.21. The maximum absolute atomic E-state index is 14.7. The number of alkyl halides is 3. The van der Waals surface area contributed by atoms with Gasteiger partial charge in [0.05, 0.1) is 18.5 Å². The van der Waals surface area contributed by atoms with Gasteiger partial charge < -0.3 is 25.8 Å². The Morgan fingerprint density at radius 2 is 1.76 bits per heavy atom. The molecule has 2 heterocycles. The summed E-state index contributed by atoms with van der Waals surface area (Å²) in [5, 5.41) is 5.03. The van der Waals surface area contributed by atoms with Gasteiger partial charge in [-0.15, -0.1) is 0 Å². The molecule has 1 aromatic heterocycles. The number of halogens is 4. The fraction of sp³-hybridized carbons (Fsp3) is 0.367. The molecule has 0 radical (unpaired) electrons. The Kier molecular flexibility index (Phi) is 8.49. The van der Waals surface area contributed by atoms with Gasteiger partial charge in [0, 0.05) is 36.2 Å². The third kappa shape index (κ3) is 6.48. The second-order valence-electron chi connectivity index (χ2n) is 10.9. The number of ether oxygens (including phenoxy) is 2. The first-order chi connectivity index (χ1) is 19.6. The third-order valence-electron chi connectivity index (χ3n) is 7.20. The van der Waals surface area contributed by atoms with Gasteiger partial charge in [-0.1, -0.05) is 0 Å². The van der Waals surface area contributed by atoms with E-state index < -0.39 is 41.5 Å². The van der Waals surface area contributed by atoms with Gasteiger partial charge in [-0.3, -0.25) is 14.6 Å². The van der Waals surface area contributed by atoms with Crippen LogP contribution in [0.2, 0.25) is 0 Å². The van der Waals surface area contributed by atoms with Crippen LogP contribution >= 0.6 is 0 Å². The van der Waals surface area contributed by atoms with Crippen LogP contribution in [0.5, 0.6) is 11.5 Å². The quantitative estimate of drug-likeness (QED) is 0.315. The molecule has 3 aromatic rings. The van der Waals surface area contributed by atoms with Crippen LogP contribution < -0.4 is 25.8 Å². The van der Waals surface area contributed by atoms with E-state index in [1.165, 1.54) is 55.6 Å². The van der Waals surface area contributed by atoms with Gasteiger partial charge >= 0.3 is 6.18 Å². The molecular formula is C30H32F4N4O4. The van der Waals surface area contributed by atoms with E-state index in [0.29, 0.717) is 24.1 Å². The Morgan fingerprint density at radius 3 is 2.33 bits per heavy atom. The number of hydrogen-bond donors (Lipinski definition) is 3. The predicted molar refractivity (Wildman–Crippen MR) is 148 cm³/mol. The highest BCUT2D eigenvalue weighted by Gasteiger charge is 2.54. The summed E-state index contributed by atoms with van der Waals surface area (Å²) in [6.45, 7) is 3.86. The highest BCUT2D eigenvalue weighted by Crippen LogP contribution is 2.41. The van der Waals surface area contributed by atoms with Crippen LogP contribution in [-0.4, -0.2) is 49.3 Å². The smallest absolute Gasteiger partial charge is 0.401 e. The highest BCUT2D eigenvalue weighted by atomic mass is 19.4. The molecule has 4 N–H and O–H groups in total.